The van der Waals surface area contributed by atoms with Crippen LogP contribution in [0.1, 0.15) is 19.3 Å². The Bertz CT molecular complexity index is 481. The average Bonchev–Trinajstić information content (AvgIpc) is 2.35. The lowest BCUT2D eigenvalue weighted by molar-refractivity contribution is -0.386. The lowest BCUT2D eigenvalue weighted by Crippen LogP contribution is -2.44. The summed E-state index contributed by atoms with van der Waals surface area (Å²) in [6, 6.07) is 2.89. The van der Waals surface area contributed by atoms with E-state index in [1.165, 1.54) is 0 Å². The summed E-state index contributed by atoms with van der Waals surface area (Å²) in [5.41, 5.74) is -0.367. The molecule has 0 aromatic heterocycles. The molecule has 0 aliphatic heterocycles. The fourth-order valence-electron chi connectivity index (χ4n) is 2.14. The van der Waals surface area contributed by atoms with Crippen LogP contribution in [-0.4, -0.2) is 33.4 Å². The van der Waals surface area contributed by atoms with E-state index in [2.05, 4.69) is 0 Å². The van der Waals surface area contributed by atoms with Crippen LogP contribution in [0.3, 0.4) is 0 Å². The number of aliphatic hydroxyl groups is 2. The summed E-state index contributed by atoms with van der Waals surface area (Å²) in [4.78, 5) is 10.1. The Kier molecular flexibility index (Phi) is 3.96. The second-order valence-corrected chi connectivity index (χ2v) is 4.51. The number of aliphatic hydroxyl groups excluding tert-OH is 2. The summed E-state index contributed by atoms with van der Waals surface area (Å²) in [7, 11) is 0. The van der Waals surface area contributed by atoms with Crippen LogP contribution in [0.5, 0.6) is 5.75 Å². The zero-order valence-corrected chi connectivity index (χ0v) is 10.0. The molecule has 1 aromatic rings. The zero-order valence-electron chi connectivity index (χ0n) is 10.0. The molecule has 0 saturated heterocycles. The summed E-state index contributed by atoms with van der Waals surface area (Å²) >= 11 is 0. The molecule has 1 fully saturated rings. The summed E-state index contributed by atoms with van der Waals surface area (Å²) in [5.74, 6) is -0.894. The van der Waals surface area contributed by atoms with Crippen LogP contribution in [0.2, 0.25) is 0 Å². The minimum atomic E-state index is -1.13. The molecule has 0 unspecified atom stereocenters. The predicted octanol–water partition coefficient (Wildman–Crippen LogP) is 1.39. The highest BCUT2D eigenvalue weighted by Crippen LogP contribution is 2.31. The maximum Gasteiger partial charge on any atom is 0.311 e. The summed E-state index contributed by atoms with van der Waals surface area (Å²) < 4.78 is 18.4. The molecule has 0 radical (unpaired) electrons. The minimum absolute atomic E-state index is 0.233. The Labute approximate surface area is 108 Å². The van der Waals surface area contributed by atoms with Gasteiger partial charge in [0.15, 0.2) is 5.75 Å². The highest BCUT2D eigenvalue weighted by atomic mass is 19.1. The van der Waals surface area contributed by atoms with E-state index in [4.69, 9.17) is 4.74 Å². The van der Waals surface area contributed by atoms with E-state index in [0.717, 1.165) is 18.2 Å². The fraction of sp³-hybridized carbons (Fsp3) is 0.500. The number of hydrogen-bond donors (Lipinski definition) is 2. The van der Waals surface area contributed by atoms with Crippen molar-refractivity contribution in [1.82, 2.24) is 0 Å². The Morgan fingerprint density at radius 2 is 2.11 bits per heavy atom. The molecule has 1 aliphatic rings. The van der Waals surface area contributed by atoms with Gasteiger partial charge >= 0.3 is 5.69 Å². The second kappa shape index (κ2) is 5.50. The maximum absolute atomic E-state index is 13.1. The molecule has 1 aromatic carbocycles. The number of nitro groups is 1. The van der Waals surface area contributed by atoms with E-state index < -0.39 is 29.1 Å². The van der Waals surface area contributed by atoms with Gasteiger partial charge in [-0.15, -0.1) is 0 Å². The molecular weight excluding hydrogens is 257 g/mol. The van der Waals surface area contributed by atoms with Gasteiger partial charge in [-0.2, -0.15) is 0 Å². The number of nitrogens with zero attached hydrogens (tertiary/aromatic N) is 1. The van der Waals surface area contributed by atoms with E-state index in [1.54, 1.807) is 0 Å². The van der Waals surface area contributed by atoms with E-state index in [-0.39, 0.29) is 11.4 Å². The van der Waals surface area contributed by atoms with Gasteiger partial charge in [-0.1, -0.05) is 0 Å². The number of rotatable bonds is 3. The highest BCUT2D eigenvalue weighted by molar-refractivity contribution is 5.46. The average molecular weight is 271 g/mol. The van der Waals surface area contributed by atoms with Crippen molar-refractivity contribution < 1.29 is 24.3 Å². The summed E-state index contributed by atoms with van der Waals surface area (Å²) in [6.07, 6.45) is -1.29. The normalized spacial score (nSPS) is 27.0. The van der Waals surface area contributed by atoms with Gasteiger partial charge in [-0.25, -0.2) is 4.39 Å². The number of benzene rings is 1. The first kappa shape index (κ1) is 13.7. The topological polar surface area (TPSA) is 92.8 Å². The van der Waals surface area contributed by atoms with Crippen molar-refractivity contribution in [3.05, 3.63) is 34.1 Å². The van der Waals surface area contributed by atoms with Crippen molar-refractivity contribution in [3.63, 3.8) is 0 Å². The Morgan fingerprint density at radius 1 is 1.37 bits per heavy atom. The van der Waals surface area contributed by atoms with Crippen LogP contribution in [-0.2, 0) is 0 Å². The van der Waals surface area contributed by atoms with E-state index >= 15 is 0 Å². The Hall–Kier alpha value is -1.73. The third-order valence-electron chi connectivity index (χ3n) is 3.16. The van der Waals surface area contributed by atoms with E-state index in [0.29, 0.717) is 19.3 Å². The van der Waals surface area contributed by atoms with Gasteiger partial charge in [-0.05, 0) is 25.3 Å². The molecule has 0 bridgehead atoms. The van der Waals surface area contributed by atoms with Crippen LogP contribution in [0, 0.1) is 15.9 Å². The van der Waals surface area contributed by atoms with Gasteiger partial charge in [0.05, 0.1) is 11.0 Å². The largest absolute Gasteiger partial charge is 0.481 e. The van der Waals surface area contributed by atoms with Gasteiger partial charge < -0.3 is 14.9 Å². The van der Waals surface area contributed by atoms with Crippen LogP contribution in [0.4, 0.5) is 10.1 Å². The smallest absolute Gasteiger partial charge is 0.311 e. The molecule has 1 saturated carbocycles. The monoisotopic (exact) mass is 271 g/mol. The van der Waals surface area contributed by atoms with Gasteiger partial charge in [0.1, 0.15) is 18.0 Å². The standard InChI is InChI=1S/C12H14FNO5/c13-7-4-5-8(14(17)18)11(6-7)19-10-3-1-2-9(15)12(10)16/h4-6,9-10,12,15-16H,1-3H2/t9-,10-,12-/m1/s1. The molecule has 19 heavy (non-hydrogen) atoms. The van der Waals surface area contributed by atoms with E-state index in [9.17, 15) is 24.7 Å². The summed E-state index contributed by atoms with van der Waals surface area (Å²) in [6.45, 7) is 0. The first-order valence-electron chi connectivity index (χ1n) is 5.96. The first-order valence-corrected chi connectivity index (χ1v) is 5.96. The van der Waals surface area contributed by atoms with Gasteiger partial charge in [-0.3, -0.25) is 10.1 Å². The first-order chi connectivity index (χ1) is 8.99. The third-order valence-corrected chi connectivity index (χ3v) is 3.16. The van der Waals surface area contributed by atoms with Crippen molar-refractivity contribution in [2.24, 2.45) is 0 Å². The number of hydrogen-bond acceptors (Lipinski definition) is 5. The Balaban J connectivity index is 2.22. The molecule has 7 heteroatoms. The van der Waals surface area contributed by atoms with Gasteiger partial charge in [0, 0.05) is 12.1 Å². The van der Waals surface area contributed by atoms with E-state index in [1.807, 2.05) is 0 Å². The van der Waals surface area contributed by atoms with Crippen molar-refractivity contribution in [1.29, 1.82) is 0 Å². The molecule has 104 valence electrons. The molecule has 2 N–H and O–H groups in total. The molecule has 0 amide bonds. The maximum atomic E-state index is 13.1. The molecule has 6 nitrogen and oxygen atoms in total. The number of ether oxygens (including phenoxy) is 1. The SMILES string of the molecule is O=[N+]([O-])c1ccc(F)cc1O[C@@H]1CCC[C@@H](O)[C@H]1O. The molecular formula is C12H14FNO5. The van der Waals surface area contributed by atoms with Crippen LogP contribution < -0.4 is 4.74 Å². The fourth-order valence-corrected chi connectivity index (χ4v) is 2.14. The summed E-state index contributed by atoms with van der Waals surface area (Å²) in [5, 5.41) is 30.1. The van der Waals surface area contributed by atoms with Crippen molar-refractivity contribution >= 4 is 5.69 Å². The second-order valence-electron chi connectivity index (χ2n) is 4.51. The third kappa shape index (κ3) is 2.99. The Morgan fingerprint density at radius 3 is 2.79 bits per heavy atom. The van der Waals surface area contributed by atoms with Crippen LogP contribution >= 0.6 is 0 Å². The quantitative estimate of drug-likeness (QED) is 0.640. The zero-order chi connectivity index (χ0) is 14.0. The molecule has 0 heterocycles. The number of nitro benzene ring substituents is 1. The molecule has 0 spiro atoms. The van der Waals surface area contributed by atoms with Crippen LogP contribution in [0.25, 0.3) is 0 Å². The lowest BCUT2D eigenvalue weighted by atomic mass is 9.92. The predicted molar refractivity (Wildman–Crippen MR) is 63.3 cm³/mol. The van der Waals surface area contributed by atoms with Gasteiger partial charge in [0.2, 0.25) is 0 Å². The number of halogens is 1. The molecule has 1 aliphatic carbocycles. The van der Waals surface area contributed by atoms with Crippen LogP contribution in [0.15, 0.2) is 18.2 Å². The molecule has 3 atom stereocenters. The van der Waals surface area contributed by atoms with Gasteiger partial charge in [0.25, 0.3) is 0 Å². The highest BCUT2D eigenvalue weighted by Gasteiger charge is 2.33. The molecule has 2 rings (SSSR count). The minimum Gasteiger partial charge on any atom is -0.481 e. The van der Waals surface area contributed by atoms with Crippen molar-refractivity contribution in [2.45, 2.75) is 37.6 Å². The lowest BCUT2D eigenvalue weighted by Gasteiger charge is -2.31. The van der Waals surface area contributed by atoms with Crippen molar-refractivity contribution in [3.8, 4) is 5.75 Å². The van der Waals surface area contributed by atoms with Crippen molar-refractivity contribution in [2.75, 3.05) is 0 Å².